The topological polar surface area (TPSA) is 83.2 Å². The van der Waals surface area contributed by atoms with Crippen LogP contribution < -0.4 is 15.5 Å². The maximum absolute atomic E-state index is 13.6. The number of likely N-dealkylation sites (tertiary alicyclic amines) is 1. The third-order valence-electron chi connectivity index (χ3n) is 6.40. The van der Waals surface area contributed by atoms with Gasteiger partial charge in [-0.05, 0) is 31.2 Å². The van der Waals surface area contributed by atoms with Gasteiger partial charge in [-0.1, -0.05) is 0 Å². The second-order valence-corrected chi connectivity index (χ2v) is 8.66. The van der Waals surface area contributed by atoms with Crippen molar-refractivity contribution in [2.75, 3.05) is 43.0 Å². The van der Waals surface area contributed by atoms with Gasteiger partial charge in [-0.15, -0.1) is 0 Å². The van der Waals surface area contributed by atoms with Crippen molar-refractivity contribution in [3.63, 3.8) is 0 Å². The predicted molar refractivity (Wildman–Crippen MR) is 129 cm³/mol. The van der Waals surface area contributed by atoms with Crippen molar-refractivity contribution >= 4 is 34.9 Å². The lowest BCUT2D eigenvalue weighted by Crippen LogP contribution is -2.42. The van der Waals surface area contributed by atoms with E-state index in [1.807, 2.05) is 18.9 Å². The molecule has 0 bridgehead atoms. The number of carbonyl (C=O) groups excluding carboxylic acids is 2. The summed E-state index contributed by atoms with van der Waals surface area (Å²) in [6, 6.07) is 8.58. The Kier molecular flexibility index (Phi) is 6.60. The summed E-state index contributed by atoms with van der Waals surface area (Å²) in [5, 5.41) is 4.22. The number of alkyl halides is 2. The zero-order valence-corrected chi connectivity index (χ0v) is 19.9. The van der Waals surface area contributed by atoms with E-state index in [0.29, 0.717) is 34.8 Å². The number of pyridine rings is 1. The van der Waals surface area contributed by atoms with Gasteiger partial charge in [-0.3, -0.25) is 9.20 Å². The number of aromatic nitrogens is 3. The summed E-state index contributed by atoms with van der Waals surface area (Å²) in [7, 11) is 3.43. The molecule has 0 saturated carbocycles. The van der Waals surface area contributed by atoms with E-state index in [4.69, 9.17) is 0 Å². The van der Waals surface area contributed by atoms with E-state index in [0.717, 1.165) is 6.29 Å². The third-order valence-corrected chi connectivity index (χ3v) is 6.40. The molecule has 1 aliphatic heterocycles. The Morgan fingerprint density at radius 2 is 1.89 bits per heavy atom. The SMILES string of the molecule is CCN(C)c1cc(C(=O)N2CCC(F)(F)CC2)ccc1N(CC=O)c1ccn2c(=O)n(C)nc2c1. The first-order valence-corrected chi connectivity index (χ1v) is 11.4. The second-order valence-electron chi connectivity index (χ2n) is 8.66. The number of carbonyl (C=O) groups is 2. The van der Waals surface area contributed by atoms with Gasteiger partial charge in [0.2, 0.25) is 0 Å². The lowest BCUT2D eigenvalue weighted by atomic mass is 10.0. The minimum Gasteiger partial charge on any atom is -0.373 e. The number of hydrogen-bond donors (Lipinski definition) is 0. The van der Waals surface area contributed by atoms with Crippen molar-refractivity contribution in [3.05, 3.63) is 52.6 Å². The van der Waals surface area contributed by atoms with Crippen molar-refractivity contribution < 1.29 is 18.4 Å². The minimum absolute atomic E-state index is 0.00720. The van der Waals surface area contributed by atoms with Crippen molar-refractivity contribution in [1.82, 2.24) is 19.1 Å². The molecule has 1 saturated heterocycles. The van der Waals surface area contributed by atoms with Crippen LogP contribution in [0.15, 0.2) is 41.3 Å². The quantitative estimate of drug-likeness (QED) is 0.478. The fourth-order valence-electron chi connectivity index (χ4n) is 4.23. The summed E-state index contributed by atoms with van der Waals surface area (Å²) in [5.41, 5.74) is 2.60. The molecule has 0 atom stereocenters. The van der Waals surface area contributed by atoms with Crippen LogP contribution in [0.4, 0.5) is 25.8 Å². The van der Waals surface area contributed by atoms with Crippen LogP contribution in [0.5, 0.6) is 0 Å². The molecule has 1 amide bonds. The Morgan fingerprint density at radius 1 is 1.17 bits per heavy atom. The molecule has 0 radical (unpaired) electrons. The van der Waals surface area contributed by atoms with Gasteiger partial charge in [-0.25, -0.2) is 18.3 Å². The number of hydrogen-bond acceptors (Lipinski definition) is 6. The summed E-state index contributed by atoms with van der Waals surface area (Å²) < 4.78 is 29.7. The molecular weight excluding hydrogens is 458 g/mol. The van der Waals surface area contributed by atoms with Gasteiger partial charge < -0.3 is 19.5 Å². The Hall–Kier alpha value is -3.76. The smallest absolute Gasteiger partial charge is 0.350 e. The number of piperidine rings is 1. The number of aldehydes is 1. The normalized spacial score (nSPS) is 15.3. The van der Waals surface area contributed by atoms with Crippen molar-refractivity contribution in [3.8, 4) is 0 Å². The molecule has 9 nitrogen and oxygen atoms in total. The Balaban J connectivity index is 1.73. The van der Waals surface area contributed by atoms with Crippen LogP contribution >= 0.6 is 0 Å². The summed E-state index contributed by atoms with van der Waals surface area (Å²) in [5.74, 6) is -3.03. The Labute approximate surface area is 201 Å². The Bertz CT molecular complexity index is 1310. The molecule has 0 unspecified atom stereocenters. The minimum atomic E-state index is -2.73. The van der Waals surface area contributed by atoms with Gasteiger partial charge in [0, 0.05) is 70.1 Å². The molecule has 1 aromatic carbocycles. The van der Waals surface area contributed by atoms with E-state index in [-0.39, 0.29) is 44.1 Å². The van der Waals surface area contributed by atoms with Gasteiger partial charge >= 0.3 is 5.69 Å². The molecule has 2 aromatic heterocycles. The average molecular weight is 487 g/mol. The molecule has 35 heavy (non-hydrogen) atoms. The lowest BCUT2D eigenvalue weighted by molar-refractivity contribution is -0.106. The highest BCUT2D eigenvalue weighted by Crippen LogP contribution is 2.36. The second kappa shape index (κ2) is 9.47. The first-order valence-electron chi connectivity index (χ1n) is 11.4. The molecule has 0 spiro atoms. The van der Waals surface area contributed by atoms with Gasteiger partial charge in [0.25, 0.3) is 11.8 Å². The summed E-state index contributed by atoms with van der Waals surface area (Å²) in [4.78, 5) is 42.0. The van der Waals surface area contributed by atoms with E-state index < -0.39 is 5.92 Å². The number of rotatable bonds is 7. The average Bonchev–Trinajstić information content (AvgIpc) is 3.13. The number of aryl methyl sites for hydroxylation is 1. The number of amides is 1. The number of anilines is 3. The standard InChI is InChI=1S/C24H28F2N6O3/c1-4-28(2)20-15-17(22(34)30-11-8-24(25,26)9-12-30)5-6-19(20)31(13-14-33)18-7-10-32-21(16-18)27-29(3)23(32)35/h5-7,10,14-16H,4,8-9,11-13H2,1-3H3. The van der Waals surface area contributed by atoms with E-state index in [1.165, 1.54) is 14.0 Å². The van der Waals surface area contributed by atoms with E-state index >= 15 is 0 Å². The van der Waals surface area contributed by atoms with E-state index in [9.17, 15) is 23.2 Å². The molecule has 4 rings (SSSR count). The fourth-order valence-corrected chi connectivity index (χ4v) is 4.23. The van der Waals surface area contributed by atoms with Crippen molar-refractivity contribution in [2.24, 2.45) is 7.05 Å². The first-order chi connectivity index (χ1) is 16.6. The maximum atomic E-state index is 13.6. The zero-order valence-electron chi connectivity index (χ0n) is 19.9. The van der Waals surface area contributed by atoms with Crippen LogP contribution in [0, 0.1) is 0 Å². The molecule has 0 aliphatic carbocycles. The third kappa shape index (κ3) is 4.75. The van der Waals surface area contributed by atoms with Crippen LogP contribution in [0.25, 0.3) is 5.65 Å². The van der Waals surface area contributed by atoms with Crippen molar-refractivity contribution in [2.45, 2.75) is 25.7 Å². The predicted octanol–water partition coefficient (Wildman–Crippen LogP) is 2.70. The van der Waals surface area contributed by atoms with Gasteiger partial charge in [0.05, 0.1) is 17.9 Å². The van der Waals surface area contributed by atoms with Crippen LogP contribution in [0.1, 0.15) is 30.1 Å². The molecule has 11 heteroatoms. The summed E-state index contributed by atoms with van der Waals surface area (Å²) in [6.45, 7) is 2.64. The molecule has 3 aromatic rings. The molecule has 0 N–H and O–H groups in total. The number of halogens is 2. The van der Waals surface area contributed by atoms with E-state index in [1.54, 1.807) is 48.5 Å². The molecule has 1 aliphatic rings. The highest BCUT2D eigenvalue weighted by Gasteiger charge is 2.36. The largest absolute Gasteiger partial charge is 0.373 e. The first kappa shape index (κ1) is 24.4. The summed E-state index contributed by atoms with van der Waals surface area (Å²) in [6.07, 6.45) is 1.69. The monoisotopic (exact) mass is 486 g/mol. The van der Waals surface area contributed by atoms with E-state index in [2.05, 4.69) is 5.10 Å². The highest BCUT2D eigenvalue weighted by molar-refractivity contribution is 5.97. The zero-order chi connectivity index (χ0) is 25.3. The van der Waals surface area contributed by atoms with Gasteiger partial charge in [0.1, 0.15) is 6.29 Å². The molecular formula is C24H28F2N6O3. The van der Waals surface area contributed by atoms with Gasteiger partial charge in [-0.2, -0.15) is 5.10 Å². The van der Waals surface area contributed by atoms with Crippen LogP contribution in [0.2, 0.25) is 0 Å². The highest BCUT2D eigenvalue weighted by atomic mass is 19.3. The number of nitrogens with zero attached hydrogens (tertiary/aromatic N) is 6. The van der Waals surface area contributed by atoms with Gasteiger partial charge in [0.15, 0.2) is 5.65 Å². The lowest BCUT2D eigenvalue weighted by Gasteiger charge is -2.33. The maximum Gasteiger partial charge on any atom is 0.350 e. The molecule has 186 valence electrons. The summed E-state index contributed by atoms with van der Waals surface area (Å²) >= 11 is 0. The van der Waals surface area contributed by atoms with Crippen LogP contribution in [-0.4, -0.2) is 70.4 Å². The number of benzene rings is 1. The van der Waals surface area contributed by atoms with Crippen molar-refractivity contribution in [1.29, 1.82) is 0 Å². The Morgan fingerprint density at radius 3 is 2.54 bits per heavy atom. The van der Waals surface area contributed by atoms with Crippen LogP contribution in [0.3, 0.4) is 0 Å². The van der Waals surface area contributed by atoms with Crippen LogP contribution in [-0.2, 0) is 11.8 Å². The number of fused-ring (bicyclic) bond motifs is 1. The fraction of sp³-hybridized carbons (Fsp3) is 0.417. The molecule has 3 heterocycles. The molecule has 1 fully saturated rings.